The Morgan fingerprint density at radius 2 is 2.04 bits per heavy atom. The van der Waals surface area contributed by atoms with Crippen LogP contribution in [0.5, 0.6) is 0 Å². The van der Waals surface area contributed by atoms with E-state index in [9.17, 15) is 4.79 Å². The summed E-state index contributed by atoms with van der Waals surface area (Å²) in [6.07, 6.45) is 2.12. The lowest BCUT2D eigenvalue weighted by molar-refractivity contribution is 0.0251. The number of carbonyl (C=O) groups is 1. The number of thiazole rings is 1. The fraction of sp³-hybridized carbons (Fsp3) is 0.444. The van der Waals surface area contributed by atoms with Gasteiger partial charge in [-0.25, -0.2) is 9.78 Å². The van der Waals surface area contributed by atoms with Crippen molar-refractivity contribution in [1.82, 2.24) is 4.98 Å². The molecule has 3 rings (SSSR count). The zero-order valence-corrected chi connectivity index (χ0v) is 16.5. The van der Waals surface area contributed by atoms with Gasteiger partial charge in [0, 0.05) is 13.1 Å². The van der Waals surface area contributed by atoms with Gasteiger partial charge in [0.15, 0.2) is 9.61 Å². The zero-order chi connectivity index (χ0) is 17.6. The minimum absolute atomic E-state index is 0.249. The predicted molar refractivity (Wildman–Crippen MR) is 102 cm³/mol. The van der Waals surface area contributed by atoms with E-state index in [0.717, 1.165) is 30.9 Å². The summed E-state index contributed by atoms with van der Waals surface area (Å²) in [5.74, 6) is -0.359. The number of esters is 1. The summed E-state index contributed by atoms with van der Waals surface area (Å²) >= 11 is 4.86. The van der Waals surface area contributed by atoms with Crippen molar-refractivity contribution < 1.29 is 14.3 Å². The molecule has 1 saturated heterocycles. The van der Waals surface area contributed by atoms with Gasteiger partial charge in [0.1, 0.15) is 5.00 Å². The van der Waals surface area contributed by atoms with Crippen molar-refractivity contribution in [1.29, 1.82) is 0 Å². The number of nitrogens with zero attached hydrogens (tertiary/aromatic N) is 2. The molecule has 7 heteroatoms. The van der Waals surface area contributed by atoms with Gasteiger partial charge in [-0.15, -0.1) is 0 Å². The maximum absolute atomic E-state index is 12.1. The van der Waals surface area contributed by atoms with Crippen LogP contribution in [-0.4, -0.2) is 36.8 Å². The first-order valence-electron chi connectivity index (χ1n) is 8.41. The Morgan fingerprint density at radius 1 is 1.32 bits per heavy atom. The van der Waals surface area contributed by atoms with E-state index in [0.29, 0.717) is 22.8 Å². The summed E-state index contributed by atoms with van der Waals surface area (Å²) in [7, 11) is 0. The summed E-state index contributed by atoms with van der Waals surface area (Å²) in [4.78, 5) is 18.6. The van der Waals surface area contributed by atoms with Gasteiger partial charge in [-0.3, -0.25) is 0 Å². The second-order valence-corrected chi connectivity index (χ2v) is 8.08. The molecule has 2 heterocycles. The molecule has 0 atom stereocenters. The number of anilines is 1. The van der Waals surface area contributed by atoms with E-state index in [1.807, 2.05) is 18.2 Å². The third-order valence-electron chi connectivity index (χ3n) is 4.11. The number of aromatic nitrogens is 1. The number of piperidine rings is 1. The minimum Gasteiger partial charge on any atom is -0.461 e. The summed E-state index contributed by atoms with van der Waals surface area (Å²) in [6, 6.07) is 10.2. The van der Waals surface area contributed by atoms with Crippen molar-refractivity contribution in [2.24, 2.45) is 0 Å². The maximum Gasteiger partial charge on any atom is 0.360 e. The molecule has 1 aliphatic heterocycles. The van der Waals surface area contributed by atoms with E-state index < -0.39 is 0 Å². The number of hydrogen-bond donors (Lipinski definition) is 0. The zero-order valence-electron chi connectivity index (χ0n) is 14.1. The molecule has 1 aromatic carbocycles. The molecule has 25 heavy (non-hydrogen) atoms. The molecular formula is C18H21BrN2O3S. The molecule has 0 amide bonds. The second-order valence-electron chi connectivity index (χ2n) is 5.82. The fourth-order valence-electron chi connectivity index (χ4n) is 2.85. The van der Waals surface area contributed by atoms with E-state index in [-0.39, 0.29) is 12.1 Å². The van der Waals surface area contributed by atoms with Crippen LogP contribution in [0.15, 0.2) is 34.2 Å². The monoisotopic (exact) mass is 424 g/mol. The topological polar surface area (TPSA) is 51.7 Å². The number of benzene rings is 1. The van der Waals surface area contributed by atoms with Crippen molar-refractivity contribution >= 4 is 38.2 Å². The lowest BCUT2D eigenvalue weighted by atomic mass is 10.1. The second kappa shape index (κ2) is 8.78. The Bertz CT molecular complexity index is 700. The van der Waals surface area contributed by atoms with Gasteiger partial charge in [0.25, 0.3) is 0 Å². The molecule has 2 aromatic rings. The van der Waals surface area contributed by atoms with E-state index in [1.54, 1.807) is 6.92 Å². The van der Waals surface area contributed by atoms with Crippen molar-refractivity contribution in [3.8, 4) is 0 Å². The highest BCUT2D eigenvalue weighted by Gasteiger charge is 2.27. The molecule has 0 spiro atoms. The van der Waals surface area contributed by atoms with Crippen LogP contribution in [0.3, 0.4) is 0 Å². The molecule has 134 valence electrons. The molecule has 1 fully saturated rings. The van der Waals surface area contributed by atoms with E-state index in [4.69, 9.17) is 9.47 Å². The Balaban J connectivity index is 1.56. The third-order valence-corrected chi connectivity index (χ3v) is 5.68. The first kappa shape index (κ1) is 18.4. The highest BCUT2D eigenvalue weighted by Crippen LogP contribution is 2.34. The van der Waals surface area contributed by atoms with Crippen LogP contribution in [0.1, 0.15) is 35.8 Å². The molecule has 0 N–H and O–H groups in total. The van der Waals surface area contributed by atoms with Crippen molar-refractivity contribution in [2.45, 2.75) is 32.5 Å². The molecular weight excluding hydrogens is 404 g/mol. The summed E-state index contributed by atoms with van der Waals surface area (Å²) in [5, 5.41) is 0.881. The van der Waals surface area contributed by atoms with Crippen LogP contribution < -0.4 is 4.90 Å². The van der Waals surface area contributed by atoms with Gasteiger partial charge in [-0.05, 0) is 41.3 Å². The van der Waals surface area contributed by atoms with Crippen LogP contribution in [0.2, 0.25) is 0 Å². The Labute approximate surface area is 160 Å². The summed E-state index contributed by atoms with van der Waals surface area (Å²) < 4.78 is 11.9. The molecule has 0 radical (unpaired) electrons. The number of hydrogen-bond acceptors (Lipinski definition) is 6. The summed E-state index contributed by atoms with van der Waals surface area (Å²) in [6.45, 7) is 4.49. The smallest absolute Gasteiger partial charge is 0.360 e. The van der Waals surface area contributed by atoms with Crippen LogP contribution in [0.25, 0.3) is 0 Å². The number of carbonyl (C=O) groups excluding carboxylic acids is 1. The maximum atomic E-state index is 12.1. The van der Waals surface area contributed by atoms with Crippen molar-refractivity contribution in [2.75, 3.05) is 24.6 Å². The van der Waals surface area contributed by atoms with Gasteiger partial charge in [0.05, 0.1) is 19.3 Å². The Hall–Kier alpha value is -1.44. The van der Waals surface area contributed by atoms with Gasteiger partial charge < -0.3 is 14.4 Å². The molecule has 0 aliphatic carbocycles. The SMILES string of the molecule is CCOC(=O)c1nc(Br)sc1N1CCC(OCc2ccccc2)CC1. The molecule has 1 aliphatic rings. The van der Waals surface area contributed by atoms with Gasteiger partial charge in [0.2, 0.25) is 0 Å². The fourth-order valence-corrected chi connectivity index (χ4v) is 4.32. The van der Waals surface area contributed by atoms with Crippen molar-refractivity contribution in [3.63, 3.8) is 0 Å². The van der Waals surface area contributed by atoms with E-state index in [1.165, 1.54) is 16.9 Å². The molecule has 0 unspecified atom stereocenters. The van der Waals surface area contributed by atoms with Crippen LogP contribution in [-0.2, 0) is 16.1 Å². The quantitative estimate of drug-likeness (QED) is 0.648. The van der Waals surface area contributed by atoms with Gasteiger partial charge in [-0.1, -0.05) is 41.7 Å². The van der Waals surface area contributed by atoms with E-state index >= 15 is 0 Å². The number of rotatable bonds is 6. The third kappa shape index (κ3) is 4.80. The van der Waals surface area contributed by atoms with Crippen LogP contribution >= 0.6 is 27.3 Å². The number of halogens is 1. The largest absolute Gasteiger partial charge is 0.461 e. The van der Waals surface area contributed by atoms with Gasteiger partial charge >= 0.3 is 5.97 Å². The summed E-state index contributed by atoms with van der Waals surface area (Å²) in [5.41, 5.74) is 1.60. The Morgan fingerprint density at radius 3 is 2.72 bits per heavy atom. The highest BCUT2D eigenvalue weighted by molar-refractivity contribution is 9.11. The first-order valence-corrected chi connectivity index (χ1v) is 10.0. The highest BCUT2D eigenvalue weighted by atomic mass is 79.9. The van der Waals surface area contributed by atoms with Gasteiger partial charge in [-0.2, -0.15) is 0 Å². The normalized spacial score (nSPS) is 15.4. The van der Waals surface area contributed by atoms with Crippen molar-refractivity contribution in [3.05, 3.63) is 45.5 Å². The average Bonchev–Trinajstić information content (AvgIpc) is 3.03. The molecule has 0 bridgehead atoms. The van der Waals surface area contributed by atoms with Crippen LogP contribution in [0.4, 0.5) is 5.00 Å². The minimum atomic E-state index is -0.359. The first-order chi connectivity index (χ1) is 12.2. The van der Waals surface area contributed by atoms with E-state index in [2.05, 4.69) is 37.9 Å². The average molecular weight is 425 g/mol. The lowest BCUT2D eigenvalue weighted by Crippen LogP contribution is -2.37. The molecule has 1 aromatic heterocycles. The molecule has 5 nitrogen and oxygen atoms in total. The number of ether oxygens (including phenoxy) is 2. The van der Waals surface area contributed by atoms with Crippen LogP contribution in [0, 0.1) is 0 Å². The molecule has 0 saturated carbocycles. The standard InChI is InChI=1S/C18H21BrN2O3S/c1-2-23-17(22)15-16(25-18(19)20-15)21-10-8-14(9-11-21)24-12-13-6-4-3-5-7-13/h3-7,14H,2,8-12H2,1H3. The Kier molecular flexibility index (Phi) is 6.45. The lowest BCUT2D eigenvalue weighted by Gasteiger charge is -2.32. The predicted octanol–water partition coefficient (Wildman–Crippen LogP) is 4.27.